The Bertz CT molecular complexity index is 995. The van der Waals surface area contributed by atoms with E-state index in [1.807, 2.05) is 12.1 Å². The molecule has 0 unspecified atom stereocenters. The summed E-state index contributed by atoms with van der Waals surface area (Å²) in [5, 5.41) is 0.0378. The van der Waals surface area contributed by atoms with Crippen LogP contribution in [-0.4, -0.2) is 22.8 Å². The van der Waals surface area contributed by atoms with Crippen LogP contribution >= 0.6 is 11.6 Å². The van der Waals surface area contributed by atoms with Gasteiger partial charge in [-0.25, -0.2) is 4.39 Å². The summed E-state index contributed by atoms with van der Waals surface area (Å²) in [5.41, 5.74) is 0.458. The first-order valence-electron chi connectivity index (χ1n) is 9.90. The summed E-state index contributed by atoms with van der Waals surface area (Å²) in [6.07, 6.45) is 2.05. The largest absolute Gasteiger partial charge is 0.354 e. The zero-order valence-corrected chi connectivity index (χ0v) is 17.8. The Morgan fingerprint density at radius 3 is 2.17 bits per heavy atom. The first-order chi connectivity index (χ1) is 13.5. The van der Waals surface area contributed by atoms with Crippen molar-refractivity contribution in [1.82, 2.24) is 0 Å². The molecular formula is C24H24ClFO3. The van der Waals surface area contributed by atoms with E-state index >= 15 is 0 Å². The normalized spacial score (nSPS) is 21.4. The molecular weight excluding hydrogens is 391 g/mol. The zero-order valence-electron chi connectivity index (χ0n) is 17.0. The smallest absolute Gasteiger partial charge is 0.179 e. The van der Waals surface area contributed by atoms with E-state index in [1.165, 1.54) is 6.07 Å². The van der Waals surface area contributed by atoms with Crippen LogP contribution in [0.3, 0.4) is 0 Å². The number of ether oxygens (including phenoxy) is 1. The lowest BCUT2D eigenvalue weighted by atomic mass is 9.73. The van der Waals surface area contributed by atoms with Crippen LogP contribution in [0.5, 0.6) is 0 Å². The molecule has 2 aromatic carbocycles. The predicted molar refractivity (Wildman–Crippen MR) is 111 cm³/mol. The Kier molecular flexibility index (Phi) is 4.71. The number of ketones is 2. The second kappa shape index (κ2) is 6.75. The van der Waals surface area contributed by atoms with Gasteiger partial charge in [-0.15, -0.1) is 0 Å². The van der Waals surface area contributed by atoms with Gasteiger partial charge in [-0.3, -0.25) is 9.59 Å². The highest BCUT2D eigenvalue weighted by Crippen LogP contribution is 2.47. The van der Waals surface area contributed by atoms with Crippen LogP contribution in [-0.2, 0) is 14.3 Å². The summed E-state index contributed by atoms with van der Waals surface area (Å²) >= 11 is 5.97. The summed E-state index contributed by atoms with van der Waals surface area (Å²) < 4.78 is 20.5. The second-order valence-electron chi connectivity index (χ2n) is 9.00. The molecule has 0 bridgehead atoms. The van der Waals surface area contributed by atoms with Crippen molar-refractivity contribution < 1.29 is 18.7 Å². The molecule has 0 N–H and O–H groups in total. The van der Waals surface area contributed by atoms with Gasteiger partial charge in [0, 0.05) is 5.56 Å². The fraction of sp³-hybridized carbons (Fsp3) is 0.417. The topological polar surface area (TPSA) is 43.4 Å². The molecule has 3 nitrogen and oxygen atoms in total. The van der Waals surface area contributed by atoms with Gasteiger partial charge in [-0.2, -0.15) is 0 Å². The van der Waals surface area contributed by atoms with Crippen molar-refractivity contribution in [2.75, 3.05) is 0 Å². The Hall–Kier alpha value is -2.04. The highest BCUT2D eigenvalue weighted by atomic mass is 35.5. The van der Waals surface area contributed by atoms with Gasteiger partial charge in [0.1, 0.15) is 22.9 Å². The third-order valence-electron chi connectivity index (χ3n) is 5.90. The van der Waals surface area contributed by atoms with Crippen LogP contribution in [0.4, 0.5) is 4.39 Å². The van der Waals surface area contributed by atoms with Crippen molar-refractivity contribution in [3.63, 3.8) is 0 Å². The number of rotatable bonds is 3. The minimum absolute atomic E-state index is 0.0378. The summed E-state index contributed by atoms with van der Waals surface area (Å²) in [4.78, 5) is 26.5. The van der Waals surface area contributed by atoms with Gasteiger partial charge in [0.25, 0.3) is 0 Å². The predicted octanol–water partition coefficient (Wildman–Crippen LogP) is 5.83. The van der Waals surface area contributed by atoms with Gasteiger partial charge in [-0.1, -0.05) is 35.9 Å². The van der Waals surface area contributed by atoms with Gasteiger partial charge in [-0.05, 0) is 75.3 Å². The molecule has 1 heterocycles. The molecule has 4 rings (SSSR count). The monoisotopic (exact) mass is 414 g/mol. The van der Waals surface area contributed by atoms with Gasteiger partial charge < -0.3 is 4.74 Å². The lowest BCUT2D eigenvalue weighted by Gasteiger charge is -2.43. The van der Waals surface area contributed by atoms with E-state index in [1.54, 1.807) is 45.9 Å². The molecule has 0 amide bonds. The fourth-order valence-corrected chi connectivity index (χ4v) is 4.49. The minimum atomic E-state index is -1.08. The molecule has 5 heteroatoms. The number of carbonyl (C=O) groups is 2. The molecule has 2 aliphatic rings. The van der Waals surface area contributed by atoms with Crippen LogP contribution in [0.2, 0.25) is 5.02 Å². The van der Waals surface area contributed by atoms with E-state index in [4.69, 9.17) is 16.3 Å². The number of halogens is 2. The van der Waals surface area contributed by atoms with Gasteiger partial charge in [0.05, 0.1) is 5.02 Å². The third-order valence-corrected chi connectivity index (χ3v) is 6.19. The van der Waals surface area contributed by atoms with E-state index in [2.05, 4.69) is 0 Å². The van der Waals surface area contributed by atoms with Crippen LogP contribution in [0, 0.1) is 5.82 Å². The molecule has 0 spiro atoms. The van der Waals surface area contributed by atoms with E-state index in [0.717, 1.165) is 18.4 Å². The fourth-order valence-electron chi connectivity index (χ4n) is 4.32. The van der Waals surface area contributed by atoms with Crippen molar-refractivity contribution in [3.05, 3.63) is 58.4 Å². The first-order valence-corrected chi connectivity index (χ1v) is 10.3. The molecule has 0 radical (unpaired) electrons. The maximum atomic E-state index is 14.6. The van der Waals surface area contributed by atoms with Crippen LogP contribution in [0.25, 0.3) is 11.1 Å². The van der Waals surface area contributed by atoms with Crippen molar-refractivity contribution in [3.8, 4) is 11.1 Å². The lowest BCUT2D eigenvalue weighted by Crippen LogP contribution is -2.58. The molecule has 1 saturated heterocycles. The molecule has 1 saturated carbocycles. The Morgan fingerprint density at radius 2 is 1.59 bits per heavy atom. The van der Waals surface area contributed by atoms with Gasteiger partial charge in [0.15, 0.2) is 11.6 Å². The van der Waals surface area contributed by atoms with Crippen molar-refractivity contribution in [2.24, 2.45) is 0 Å². The van der Waals surface area contributed by atoms with Crippen LogP contribution in [0.15, 0.2) is 36.4 Å². The molecule has 0 atom stereocenters. The van der Waals surface area contributed by atoms with Gasteiger partial charge >= 0.3 is 0 Å². The Balaban J connectivity index is 1.90. The average molecular weight is 415 g/mol. The van der Waals surface area contributed by atoms with Crippen molar-refractivity contribution in [1.29, 1.82) is 0 Å². The molecule has 0 aromatic heterocycles. The standard InChI is InChI=1S/C24H24ClFO3/c1-23(2)21(27)19(22(28)24(3,4)29-23)17-12-14(10-11-15(17)13-8-9-13)16-6-5-7-18(25)20(16)26/h5-7,10-13,19H,8-9H2,1-4H3. The average Bonchev–Trinajstić information content (AvgIpc) is 3.47. The highest BCUT2D eigenvalue weighted by Gasteiger charge is 2.53. The SMILES string of the molecule is CC1(C)OC(C)(C)C(=O)C(c2cc(-c3cccc(Cl)c3F)ccc2C2CC2)C1=O. The highest BCUT2D eigenvalue weighted by molar-refractivity contribution is 6.31. The molecule has 1 aliphatic heterocycles. The maximum Gasteiger partial charge on any atom is 0.179 e. The summed E-state index contributed by atoms with van der Waals surface area (Å²) in [5.74, 6) is -1.62. The first kappa shape index (κ1) is 20.2. The zero-order chi connectivity index (χ0) is 21.1. The number of hydrogen-bond acceptors (Lipinski definition) is 3. The minimum Gasteiger partial charge on any atom is -0.354 e. The number of benzene rings is 2. The molecule has 29 heavy (non-hydrogen) atoms. The van der Waals surface area contributed by atoms with E-state index in [0.29, 0.717) is 22.6 Å². The number of carbonyl (C=O) groups excluding carboxylic acids is 2. The molecule has 152 valence electrons. The lowest BCUT2D eigenvalue weighted by molar-refractivity contribution is -0.184. The molecule has 1 aliphatic carbocycles. The number of hydrogen-bond donors (Lipinski definition) is 0. The molecule has 2 fully saturated rings. The third kappa shape index (κ3) is 3.43. The Labute approximate surface area is 175 Å². The van der Waals surface area contributed by atoms with Crippen molar-refractivity contribution in [2.45, 2.75) is 63.6 Å². The maximum absolute atomic E-state index is 14.6. The van der Waals surface area contributed by atoms with Crippen LogP contribution in [0.1, 0.15) is 63.5 Å². The quantitative estimate of drug-likeness (QED) is 0.593. The Morgan fingerprint density at radius 1 is 0.966 bits per heavy atom. The molecule has 2 aromatic rings. The number of Topliss-reactive ketones (excluding diaryl/α,β-unsaturated/α-hetero) is 2. The summed E-state index contributed by atoms with van der Waals surface area (Å²) in [6.45, 7) is 6.81. The van der Waals surface area contributed by atoms with E-state index < -0.39 is 22.9 Å². The van der Waals surface area contributed by atoms with E-state index in [9.17, 15) is 14.0 Å². The van der Waals surface area contributed by atoms with Crippen LogP contribution < -0.4 is 0 Å². The summed E-state index contributed by atoms with van der Waals surface area (Å²) in [6, 6.07) is 10.4. The van der Waals surface area contributed by atoms with Crippen molar-refractivity contribution >= 4 is 23.2 Å². The second-order valence-corrected chi connectivity index (χ2v) is 9.41. The summed E-state index contributed by atoms with van der Waals surface area (Å²) in [7, 11) is 0. The van der Waals surface area contributed by atoms with Gasteiger partial charge in [0.2, 0.25) is 0 Å². The van der Waals surface area contributed by atoms with E-state index in [-0.39, 0.29) is 16.6 Å².